The number of rotatable bonds is 4. The van der Waals surface area contributed by atoms with Gasteiger partial charge < -0.3 is 9.47 Å². The summed E-state index contributed by atoms with van der Waals surface area (Å²) in [6.07, 6.45) is -3.87. The number of alkyl halides is 3. The van der Waals surface area contributed by atoms with Gasteiger partial charge in [-0.05, 0) is 62.2 Å². The molecule has 9 nitrogen and oxygen atoms in total. The predicted octanol–water partition coefficient (Wildman–Crippen LogP) is 5.63. The maximum absolute atomic E-state index is 13.2. The van der Waals surface area contributed by atoms with E-state index in [9.17, 15) is 22.8 Å². The zero-order chi connectivity index (χ0) is 27.0. The fourth-order valence-corrected chi connectivity index (χ4v) is 3.46. The Kier molecular flexibility index (Phi) is 6.59. The van der Waals surface area contributed by atoms with Gasteiger partial charge in [-0.25, -0.2) is 24.2 Å². The van der Waals surface area contributed by atoms with E-state index < -0.39 is 29.5 Å². The van der Waals surface area contributed by atoms with E-state index in [1.165, 1.54) is 42.3 Å². The lowest BCUT2D eigenvalue weighted by molar-refractivity contribution is -0.141. The smallest absolute Gasteiger partial charge is 0.433 e. The first-order chi connectivity index (χ1) is 17.3. The Morgan fingerprint density at radius 1 is 0.973 bits per heavy atom. The van der Waals surface area contributed by atoms with Crippen LogP contribution in [0.25, 0.3) is 27.8 Å². The summed E-state index contributed by atoms with van der Waals surface area (Å²) in [5.41, 5.74) is -0.344. The molecule has 37 heavy (non-hydrogen) atoms. The second kappa shape index (κ2) is 9.52. The van der Waals surface area contributed by atoms with Gasteiger partial charge in [0, 0.05) is 5.39 Å². The summed E-state index contributed by atoms with van der Waals surface area (Å²) < 4.78 is 50.9. The Morgan fingerprint density at radius 2 is 1.73 bits per heavy atom. The number of hydrogen-bond acceptors (Lipinski definition) is 7. The first-order valence-electron chi connectivity index (χ1n) is 11.0. The molecule has 1 N–H and O–H groups in total. The topological polar surface area (TPSA) is 108 Å². The van der Waals surface area contributed by atoms with Crippen LogP contribution in [0.1, 0.15) is 37.0 Å². The number of amides is 1. The summed E-state index contributed by atoms with van der Waals surface area (Å²) in [6, 6.07) is 11.7. The van der Waals surface area contributed by atoms with Gasteiger partial charge in [-0.1, -0.05) is 18.2 Å². The maximum Gasteiger partial charge on any atom is 0.433 e. The Labute approximate surface area is 209 Å². The Balaban J connectivity index is 1.78. The molecule has 4 rings (SSSR count). The first-order valence-corrected chi connectivity index (χ1v) is 11.0. The van der Waals surface area contributed by atoms with Crippen molar-refractivity contribution < 1.29 is 32.2 Å². The molecule has 4 aromatic rings. The number of hydrogen-bond donors (Lipinski definition) is 1. The van der Waals surface area contributed by atoms with Gasteiger partial charge in [0.25, 0.3) is 0 Å². The number of anilines is 1. The van der Waals surface area contributed by atoms with Crippen LogP contribution in [0.2, 0.25) is 0 Å². The number of halogens is 3. The third-order valence-electron chi connectivity index (χ3n) is 4.99. The number of carbonyl (C=O) groups excluding carboxylic acids is 2. The normalized spacial score (nSPS) is 11.9. The van der Waals surface area contributed by atoms with E-state index in [2.05, 4.69) is 20.4 Å². The molecule has 3 heterocycles. The van der Waals surface area contributed by atoms with Crippen molar-refractivity contribution in [2.24, 2.45) is 0 Å². The van der Waals surface area contributed by atoms with Crippen molar-refractivity contribution >= 4 is 28.8 Å². The Morgan fingerprint density at radius 3 is 2.41 bits per heavy atom. The summed E-state index contributed by atoms with van der Waals surface area (Å²) >= 11 is 0. The van der Waals surface area contributed by atoms with E-state index in [1.54, 1.807) is 39.0 Å². The van der Waals surface area contributed by atoms with Gasteiger partial charge >= 0.3 is 18.2 Å². The van der Waals surface area contributed by atoms with Gasteiger partial charge in [-0.3, -0.25) is 5.32 Å². The minimum Gasteiger partial charge on any atom is -0.464 e. The number of aromatic nitrogens is 4. The van der Waals surface area contributed by atoms with E-state index in [4.69, 9.17) is 9.47 Å². The molecule has 192 valence electrons. The van der Waals surface area contributed by atoms with E-state index >= 15 is 0 Å². The molecule has 0 spiro atoms. The number of ether oxygens (including phenoxy) is 2. The molecule has 3 aromatic heterocycles. The highest BCUT2D eigenvalue weighted by Gasteiger charge is 2.32. The van der Waals surface area contributed by atoms with E-state index in [0.29, 0.717) is 22.0 Å². The lowest BCUT2D eigenvalue weighted by Gasteiger charge is -2.19. The van der Waals surface area contributed by atoms with Gasteiger partial charge in [0.1, 0.15) is 17.1 Å². The van der Waals surface area contributed by atoms with Crippen molar-refractivity contribution in [2.75, 3.05) is 12.4 Å². The van der Waals surface area contributed by atoms with Crippen LogP contribution in [0.3, 0.4) is 0 Å². The van der Waals surface area contributed by atoms with Crippen molar-refractivity contribution in [1.29, 1.82) is 0 Å². The van der Waals surface area contributed by atoms with Crippen LogP contribution >= 0.6 is 0 Å². The van der Waals surface area contributed by atoms with Gasteiger partial charge in [-0.15, -0.1) is 0 Å². The van der Waals surface area contributed by atoms with E-state index in [0.717, 1.165) is 6.07 Å². The fraction of sp³-hybridized carbons (Fsp3) is 0.240. The van der Waals surface area contributed by atoms with Crippen molar-refractivity contribution in [1.82, 2.24) is 19.7 Å². The summed E-state index contributed by atoms with van der Waals surface area (Å²) in [4.78, 5) is 32.4. The highest BCUT2D eigenvalue weighted by atomic mass is 19.4. The molecule has 0 aliphatic heterocycles. The second-order valence-corrected chi connectivity index (χ2v) is 8.95. The van der Waals surface area contributed by atoms with Crippen LogP contribution in [-0.2, 0) is 15.7 Å². The third-order valence-corrected chi connectivity index (χ3v) is 4.99. The highest BCUT2D eigenvalue weighted by Crippen LogP contribution is 2.30. The van der Waals surface area contributed by atoms with Gasteiger partial charge in [0.15, 0.2) is 11.5 Å². The summed E-state index contributed by atoms with van der Waals surface area (Å²) in [7, 11) is 1.20. The minimum absolute atomic E-state index is 0.0146. The van der Waals surface area contributed by atoms with Gasteiger partial charge in [-0.2, -0.15) is 18.3 Å². The number of nitrogens with zero attached hydrogens (tertiary/aromatic N) is 4. The molecular weight excluding hydrogens is 491 g/mol. The fourth-order valence-electron chi connectivity index (χ4n) is 3.46. The van der Waals surface area contributed by atoms with Gasteiger partial charge in [0.2, 0.25) is 0 Å². The van der Waals surface area contributed by atoms with Crippen LogP contribution in [0, 0.1) is 0 Å². The SMILES string of the molecule is COC(=O)c1cc(-c2ccc3cnn(-c4cccc(C(F)(F)F)n4)c3c2)cc(NC(=O)OC(C)(C)C)n1. The summed E-state index contributed by atoms with van der Waals surface area (Å²) in [6.45, 7) is 5.11. The monoisotopic (exact) mass is 513 g/mol. The second-order valence-electron chi connectivity index (χ2n) is 8.95. The van der Waals surface area contributed by atoms with Crippen molar-refractivity contribution in [3.8, 4) is 16.9 Å². The summed E-state index contributed by atoms with van der Waals surface area (Å²) in [5.74, 6) is -0.701. The number of nitrogens with one attached hydrogen (secondary N) is 1. The molecule has 0 bridgehead atoms. The van der Waals surface area contributed by atoms with Gasteiger partial charge in [0.05, 0.1) is 18.8 Å². The van der Waals surface area contributed by atoms with Crippen molar-refractivity contribution in [3.05, 3.63) is 66.1 Å². The molecule has 0 saturated carbocycles. The average Bonchev–Trinajstić information content (AvgIpc) is 3.25. The number of benzene rings is 1. The number of pyridine rings is 2. The lowest BCUT2D eigenvalue weighted by atomic mass is 10.0. The maximum atomic E-state index is 13.2. The standard InChI is InChI=1S/C25H22F3N5O4/c1-24(2,3)37-23(35)32-20-12-16(10-17(30-20)22(34)36-4)14-8-9-15-13-29-33(18(15)11-14)21-7-5-6-19(31-21)25(26,27)28/h5-13H,1-4H3,(H,30,32,35). The first kappa shape index (κ1) is 25.6. The summed E-state index contributed by atoms with van der Waals surface area (Å²) in [5, 5.41) is 7.35. The Bertz CT molecular complexity index is 1490. The lowest BCUT2D eigenvalue weighted by Crippen LogP contribution is -2.27. The molecule has 0 aliphatic rings. The number of carbonyl (C=O) groups is 2. The molecule has 0 radical (unpaired) electrons. The van der Waals surface area contributed by atoms with Crippen LogP contribution in [-0.4, -0.2) is 44.5 Å². The largest absolute Gasteiger partial charge is 0.464 e. The van der Waals surface area contributed by atoms with E-state index in [-0.39, 0.29) is 17.3 Å². The number of fused-ring (bicyclic) bond motifs is 1. The van der Waals surface area contributed by atoms with Crippen LogP contribution < -0.4 is 5.32 Å². The third kappa shape index (κ3) is 5.85. The number of methoxy groups -OCH3 is 1. The zero-order valence-corrected chi connectivity index (χ0v) is 20.3. The van der Waals surface area contributed by atoms with Crippen LogP contribution in [0.4, 0.5) is 23.8 Å². The molecular formula is C25H22F3N5O4. The molecule has 0 unspecified atom stereocenters. The zero-order valence-electron chi connectivity index (χ0n) is 20.3. The molecule has 1 aromatic carbocycles. The molecule has 1 amide bonds. The highest BCUT2D eigenvalue weighted by molar-refractivity contribution is 5.93. The Hall–Kier alpha value is -4.48. The molecule has 0 fully saturated rings. The van der Waals surface area contributed by atoms with Crippen LogP contribution in [0.5, 0.6) is 0 Å². The molecule has 12 heteroatoms. The van der Waals surface area contributed by atoms with E-state index in [1.807, 2.05) is 0 Å². The van der Waals surface area contributed by atoms with Crippen LogP contribution in [0.15, 0.2) is 54.7 Å². The predicted molar refractivity (Wildman–Crippen MR) is 128 cm³/mol. The van der Waals surface area contributed by atoms with Crippen molar-refractivity contribution in [3.63, 3.8) is 0 Å². The average molecular weight is 513 g/mol. The number of esters is 1. The molecule has 0 saturated heterocycles. The molecule has 0 aliphatic carbocycles. The van der Waals surface area contributed by atoms with Crippen molar-refractivity contribution in [2.45, 2.75) is 32.5 Å². The quantitative estimate of drug-likeness (QED) is 0.352. The minimum atomic E-state index is -4.61. The molecule has 0 atom stereocenters.